The van der Waals surface area contributed by atoms with Crippen molar-refractivity contribution in [2.45, 2.75) is 39.2 Å². The number of rotatable bonds is 4. The minimum absolute atomic E-state index is 0.241. The highest BCUT2D eigenvalue weighted by Gasteiger charge is 2.63. The van der Waals surface area contributed by atoms with Crippen molar-refractivity contribution in [2.24, 2.45) is 11.3 Å². The van der Waals surface area contributed by atoms with Gasteiger partial charge in [0, 0.05) is 12.2 Å². The maximum Gasteiger partial charge on any atom is 0.404 e. The summed E-state index contributed by atoms with van der Waals surface area (Å²) in [7, 11) is 0. The fourth-order valence-corrected chi connectivity index (χ4v) is 1.58. The second-order valence-electron chi connectivity index (χ2n) is 5.46. The third kappa shape index (κ3) is 6.35. The maximum atomic E-state index is 12.7. The average molecular weight is 336 g/mol. The summed E-state index contributed by atoms with van der Waals surface area (Å²) in [6.07, 6.45) is -13.5. The molecule has 0 aliphatic carbocycles. The normalized spacial score (nSPS) is 15.2. The average Bonchev–Trinajstić information content (AvgIpc) is 2.20. The maximum absolute atomic E-state index is 12.7. The van der Waals surface area contributed by atoms with Gasteiger partial charge in [-0.15, -0.1) is 0 Å². The highest BCUT2D eigenvalue weighted by atomic mass is 19.4. The first-order valence-electron chi connectivity index (χ1n) is 5.82. The molecule has 10 heteroatoms. The van der Waals surface area contributed by atoms with E-state index in [2.05, 4.69) is 4.74 Å². The van der Waals surface area contributed by atoms with Gasteiger partial charge in [0.2, 0.25) is 0 Å². The second kappa shape index (κ2) is 6.57. The van der Waals surface area contributed by atoms with E-state index < -0.39 is 41.7 Å². The van der Waals surface area contributed by atoms with Gasteiger partial charge in [-0.2, -0.15) is 26.3 Å². The number of ether oxygens (including phenoxy) is 1. The van der Waals surface area contributed by atoms with Crippen molar-refractivity contribution in [3.63, 3.8) is 0 Å². The van der Waals surface area contributed by atoms with Crippen LogP contribution in [0.2, 0.25) is 0 Å². The first-order valence-corrected chi connectivity index (χ1v) is 5.82. The minimum Gasteiger partial charge on any atom is -0.478 e. The molecule has 0 aliphatic rings. The number of halogens is 6. The topological polar surface area (TPSA) is 63.6 Å². The molecule has 128 valence electrons. The summed E-state index contributed by atoms with van der Waals surface area (Å²) in [5.74, 6) is -7.10. The third-order valence-corrected chi connectivity index (χ3v) is 2.47. The molecule has 1 N–H and O–H groups in total. The van der Waals surface area contributed by atoms with E-state index in [1.165, 1.54) is 0 Å². The van der Waals surface area contributed by atoms with Gasteiger partial charge in [0.15, 0.2) is 5.92 Å². The molecule has 1 unspecified atom stereocenters. The zero-order chi connectivity index (χ0) is 17.9. The summed E-state index contributed by atoms with van der Waals surface area (Å²) in [6, 6.07) is 0. The lowest BCUT2D eigenvalue weighted by molar-refractivity contribution is -0.316. The number of carbonyl (C=O) groups is 2. The van der Waals surface area contributed by atoms with Crippen LogP contribution in [0.4, 0.5) is 26.3 Å². The van der Waals surface area contributed by atoms with Crippen LogP contribution >= 0.6 is 0 Å². The number of alkyl halides is 6. The Balaban J connectivity index is 5.63. The van der Waals surface area contributed by atoms with E-state index >= 15 is 0 Å². The molecule has 4 nitrogen and oxygen atoms in total. The molecule has 0 bridgehead atoms. The van der Waals surface area contributed by atoms with Gasteiger partial charge in [0.25, 0.3) is 0 Å². The van der Waals surface area contributed by atoms with Gasteiger partial charge in [0.1, 0.15) is 6.10 Å². The Morgan fingerprint density at radius 3 is 1.64 bits per heavy atom. The summed E-state index contributed by atoms with van der Waals surface area (Å²) < 4.78 is 80.7. The number of hydrogen-bond donors (Lipinski definition) is 1. The van der Waals surface area contributed by atoms with Crippen molar-refractivity contribution in [3.05, 3.63) is 12.2 Å². The summed E-state index contributed by atoms with van der Waals surface area (Å²) in [4.78, 5) is 21.4. The van der Waals surface area contributed by atoms with Gasteiger partial charge in [-0.3, -0.25) is 0 Å². The molecule has 1 atom stereocenters. The van der Waals surface area contributed by atoms with Crippen LogP contribution < -0.4 is 0 Å². The number of aliphatic carboxylic acids is 1. The molecule has 0 aliphatic heterocycles. The van der Waals surface area contributed by atoms with Gasteiger partial charge in [-0.1, -0.05) is 20.8 Å². The smallest absolute Gasteiger partial charge is 0.404 e. The van der Waals surface area contributed by atoms with Crippen LogP contribution in [-0.4, -0.2) is 35.5 Å². The van der Waals surface area contributed by atoms with Gasteiger partial charge < -0.3 is 9.84 Å². The zero-order valence-electron chi connectivity index (χ0n) is 11.7. The molecule has 0 fully saturated rings. The van der Waals surface area contributed by atoms with Crippen molar-refractivity contribution < 1.29 is 45.8 Å². The fourth-order valence-electron chi connectivity index (χ4n) is 1.58. The van der Waals surface area contributed by atoms with E-state index in [-0.39, 0.29) is 12.2 Å². The highest BCUT2D eigenvalue weighted by molar-refractivity contribution is 5.90. The third-order valence-electron chi connectivity index (χ3n) is 2.47. The molecule has 0 aromatic heterocycles. The standard InChI is InChI=1S/C12H14F6O4/c1-10(2,3)9(22-7(21)5-4-6(19)20)8(11(13,14)15)12(16,17)18/h4-5,8-9H,1-3H3,(H,19,20)/b5-4+. The lowest BCUT2D eigenvalue weighted by Crippen LogP contribution is -2.51. The SMILES string of the molecule is CC(C)(C)C(OC(=O)/C=C/C(=O)O)C(C(F)(F)F)C(F)(F)F. The molecule has 0 saturated carbocycles. The van der Waals surface area contributed by atoms with E-state index in [9.17, 15) is 35.9 Å². The zero-order valence-corrected chi connectivity index (χ0v) is 11.7. The number of esters is 1. The number of carboxylic acids is 1. The molecule has 22 heavy (non-hydrogen) atoms. The predicted molar refractivity (Wildman–Crippen MR) is 61.7 cm³/mol. The molecule has 0 radical (unpaired) electrons. The molecular weight excluding hydrogens is 322 g/mol. The monoisotopic (exact) mass is 336 g/mol. The quantitative estimate of drug-likeness (QED) is 0.486. The van der Waals surface area contributed by atoms with E-state index in [4.69, 9.17) is 5.11 Å². The lowest BCUT2D eigenvalue weighted by atomic mass is 9.80. The fraction of sp³-hybridized carbons (Fsp3) is 0.667. The molecule has 0 amide bonds. The van der Waals surface area contributed by atoms with Crippen molar-refractivity contribution in [1.29, 1.82) is 0 Å². The first-order chi connectivity index (χ1) is 9.56. The Labute approximate surface area is 121 Å². The molecule has 0 aromatic rings. The van der Waals surface area contributed by atoms with Crippen LogP contribution in [0.5, 0.6) is 0 Å². The van der Waals surface area contributed by atoms with Crippen LogP contribution in [0, 0.1) is 11.3 Å². The Hall–Kier alpha value is -1.74. The number of carboxylic acid groups (broad SMARTS) is 1. The van der Waals surface area contributed by atoms with Gasteiger partial charge in [0.05, 0.1) is 0 Å². The lowest BCUT2D eigenvalue weighted by Gasteiger charge is -2.37. The van der Waals surface area contributed by atoms with Crippen LogP contribution in [-0.2, 0) is 14.3 Å². The Morgan fingerprint density at radius 2 is 1.36 bits per heavy atom. The van der Waals surface area contributed by atoms with Gasteiger partial charge >= 0.3 is 24.3 Å². The van der Waals surface area contributed by atoms with Crippen molar-refractivity contribution in [1.82, 2.24) is 0 Å². The van der Waals surface area contributed by atoms with Gasteiger partial charge in [-0.05, 0) is 5.41 Å². The summed E-state index contributed by atoms with van der Waals surface area (Å²) >= 11 is 0. The minimum atomic E-state index is -5.69. The first kappa shape index (κ1) is 20.3. The second-order valence-corrected chi connectivity index (χ2v) is 5.46. The van der Waals surface area contributed by atoms with Crippen molar-refractivity contribution in [3.8, 4) is 0 Å². The molecule has 0 spiro atoms. The Bertz CT molecular complexity index is 430. The van der Waals surface area contributed by atoms with Crippen LogP contribution in [0.1, 0.15) is 20.8 Å². The van der Waals surface area contributed by atoms with Crippen LogP contribution in [0.25, 0.3) is 0 Å². The largest absolute Gasteiger partial charge is 0.478 e. The number of hydrogen-bond acceptors (Lipinski definition) is 3. The van der Waals surface area contributed by atoms with Crippen molar-refractivity contribution >= 4 is 11.9 Å². The molecule has 0 aromatic carbocycles. The Kier molecular flexibility index (Phi) is 6.05. The summed E-state index contributed by atoms with van der Waals surface area (Å²) in [5.41, 5.74) is -1.69. The van der Waals surface area contributed by atoms with Crippen LogP contribution in [0.3, 0.4) is 0 Å². The summed E-state index contributed by atoms with van der Waals surface area (Å²) in [5, 5.41) is 8.27. The number of carbonyl (C=O) groups excluding carboxylic acids is 1. The van der Waals surface area contributed by atoms with E-state index in [0.717, 1.165) is 20.8 Å². The molecule has 0 saturated heterocycles. The van der Waals surface area contributed by atoms with E-state index in [1.807, 2.05) is 0 Å². The highest BCUT2D eigenvalue weighted by Crippen LogP contribution is 2.47. The van der Waals surface area contributed by atoms with Crippen LogP contribution in [0.15, 0.2) is 12.2 Å². The van der Waals surface area contributed by atoms with Gasteiger partial charge in [-0.25, -0.2) is 9.59 Å². The van der Waals surface area contributed by atoms with E-state index in [0.29, 0.717) is 0 Å². The van der Waals surface area contributed by atoms with E-state index in [1.54, 1.807) is 0 Å². The summed E-state index contributed by atoms with van der Waals surface area (Å²) in [6.45, 7) is 3.11. The molecule has 0 heterocycles. The predicted octanol–water partition coefficient (Wildman–Crippen LogP) is 3.33. The molecule has 0 rings (SSSR count). The Morgan fingerprint density at radius 1 is 0.955 bits per heavy atom. The van der Waals surface area contributed by atoms with Crippen molar-refractivity contribution in [2.75, 3.05) is 0 Å². The molecular formula is C12H14F6O4.